The predicted octanol–water partition coefficient (Wildman–Crippen LogP) is 3.25. The third kappa shape index (κ3) is 3.30. The molecule has 134 valence electrons. The number of halogens is 2. The van der Waals surface area contributed by atoms with E-state index in [2.05, 4.69) is 14.9 Å². The fourth-order valence-electron chi connectivity index (χ4n) is 3.23. The zero-order valence-electron chi connectivity index (χ0n) is 13.7. The van der Waals surface area contributed by atoms with Gasteiger partial charge in [-0.25, -0.2) is 0 Å². The summed E-state index contributed by atoms with van der Waals surface area (Å²) in [7, 11) is 0. The summed E-state index contributed by atoms with van der Waals surface area (Å²) in [5.74, 6) is 0.712. The largest absolute Gasteiger partial charge is 0.435 e. The molecule has 0 amide bonds. The van der Waals surface area contributed by atoms with Crippen LogP contribution in [0.15, 0.2) is 53.1 Å². The van der Waals surface area contributed by atoms with Crippen LogP contribution in [-0.2, 0) is 24.9 Å². The van der Waals surface area contributed by atoms with Crippen molar-refractivity contribution in [1.82, 2.24) is 10.1 Å². The van der Waals surface area contributed by atoms with Gasteiger partial charge in [0, 0.05) is 19.3 Å². The van der Waals surface area contributed by atoms with Crippen LogP contribution in [0.4, 0.5) is 8.78 Å². The smallest absolute Gasteiger partial charge is 0.387 e. The molecule has 0 fully saturated rings. The molecule has 3 aromatic rings. The van der Waals surface area contributed by atoms with Crippen LogP contribution in [0.2, 0.25) is 0 Å². The molecule has 0 bridgehead atoms. The number of rotatable bonds is 5. The van der Waals surface area contributed by atoms with E-state index in [1.54, 1.807) is 12.1 Å². The van der Waals surface area contributed by atoms with Gasteiger partial charge in [0.2, 0.25) is 0 Å². The third-order valence-corrected chi connectivity index (χ3v) is 4.46. The number of fused-ring (bicyclic) bond motifs is 1. The third-order valence-electron chi connectivity index (χ3n) is 4.46. The van der Waals surface area contributed by atoms with Gasteiger partial charge in [-0.15, -0.1) is 0 Å². The van der Waals surface area contributed by atoms with E-state index in [4.69, 9.17) is 4.52 Å². The number of alkyl halides is 2. The van der Waals surface area contributed by atoms with Crippen LogP contribution in [0.3, 0.4) is 0 Å². The average Bonchev–Trinajstić information content (AvgIpc) is 3.20. The summed E-state index contributed by atoms with van der Waals surface area (Å²) < 4.78 is 34.0. The molecule has 2 aromatic carbocycles. The van der Waals surface area contributed by atoms with Crippen molar-refractivity contribution in [1.29, 1.82) is 0 Å². The molecule has 1 aromatic heterocycles. The van der Waals surface area contributed by atoms with Gasteiger partial charge in [0.15, 0.2) is 11.4 Å². The van der Waals surface area contributed by atoms with Crippen molar-refractivity contribution in [3.8, 4) is 5.75 Å². The van der Waals surface area contributed by atoms with Gasteiger partial charge in [-0.1, -0.05) is 41.6 Å². The maximum atomic E-state index is 12.2. The number of nitrogens with zero attached hydrogens (tertiary/aromatic N) is 2. The first kappa shape index (κ1) is 16.7. The summed E-state index contributed by atoms with van der Waals surface area (Å²) in [6, 6.07) is 14.1. The van der Waals surface area contributed by atoms with Gasteiger partial charge >= 0.3 is 6.61 Å². The Balaban J connectivity index is 1.47. The van der Waals surface area contributed by atoms with Crippen molar-refractivity contribution >= 4 is 0 Å². The molecule has 5 nitrogen and oxygen atoms in total. The first-order valence-electron chi connectivity index (χ1n) is 8.18. The molecule has 0 unspecified atom stereocenters. The molecule has 0 spiro atoms. The molecule has 0 atom stereocenters. The lowest BCUT2D eigenvalue weighted by Gasteiger charge is -2.16. The predicted molar refractivity (Wildman–Crippen MR) is 87.9 cm³/mol. The van der Waals surface area contributed by atoms with E-state index in [0.29, 0.717) is 25.1 Å². The lowest BCUT2D eigenvalue weighted by molar-refractivity contribution is -0.0498. The van der Waals surface area contributed by atoms with Crippen molar-refractivity contribution in [2.45, 2.75) is 31.5 Å². The maximum Gasteiger partial charge on any atom is 0.387 e. The standard InChI is InChI=1S/C19H16F2N2O3/c20-18(21)25-15-7-5-12(6-8-15)9-16-22-17(26-23-16)19(24)10-13-3-1-2-4-14(13)11-19/h1-8,18,24H,9-11H2. The van der Waals surface area contributed by atoms with Crippen molar-refractivity contribution in [2.75, 3.05) is 0 Å². The maximum absolute atomic E-state index is 12.2. The average molecular weight is 358 g/mol. The molecular formula is C19H16F2N2O3. The van der Waals surface area contributed by atoms with Crippen molar-refractivity contribution in [3.63, 3.8) is 0 Å². The van der Waals surface area contributed by atoms with Gasteiger partial charge in [0.1, 0.15) is 5.75 Å². The Labute approximate surface area is 148 Å². The zero-order valence-corrected chi connectivity index (χ0v) is 13.7. The summed E-state index contributed by atoms with van der Waals surface area (Å²) >= 11 is 0. The second-order valence-electron chi connectivity index (χ2n) is 6.37. The molecule has 0 aliphatic heterocycles. The summed E-state index contributed by atoms with van der Waals surface area (Å²) in [6.07, 6.45) is 1.23. The van der Waals surface area contributed by atoms with Gasteiger partial charge in [-0.2, -0.15) is 13.8 Å². The normalized spacial score (nSPS) is 15.2. The first-order chi connectivity index (χ1) is 12.5. The van der Waals surface area contributed by atoms with E-state index in [9.17, 15) is 13.9 Å². The first-order valence-corrected chi connectivity index (χ1v) is 8.18. The highest BCUT2D eigenvalue weighted by Crippen LogP contribution is 2.36. The van der Waals surface area contributed by atoms with Crippen molar-refractivity contribution in [3.05, 3.63) is 76.9 Å². The number of hydrogen-bond donors (Lipinski definition) is 1. The molecule has 1 aliphatic carbocycles. The summed E-state index contributed by atoms with van der Waals surface area (Å²) in [6.45, 7) is -2.85. The molecule has 1 aliphatic rings. The number of benzene rings is 2. The highest BCUT2D eigenvalue weighted by atomic mass is 19.3. The van der Waals surface area contributed by atoms with Gasteiger partial charge < -0.3 is 14.4 Å². The highest BCUT2D eigenvalue weighted by Gasteiger charge is 2.41. The Morgan fingerprint density at radius 2 is 1.73 bits per heavy atom. The minimum Gasteiger partial charge on any atom is -0.435 e. The lowest BCUT2D eigenvalue weighted by atomic mass is 10.0. The van der Waals surface area contributed by atoms with E-state index < -0.39 is 12.2 Å². The van der Waals surface area contributed by atoms with Crippen LogP contribution < -0.4 is 4.74 Å². The summed E-state index contributed by atoms with van der Waals surface area (Å²) in [5, 5.41) is 14.8. The van der Waals surface area contributed by atoms with Crippen LogP contribution in [0.25, 0.3) is 0 Å². The quantitative estimate of drug-likeness (QED) is 0.758. The van der Waals surface area contributed by atoms with E-state index in [0.717, 1.165) is 16.7 Å². The molecule has 0 saturated heterocycles. The molecule has 0 saturated carbocycles. The minimum atomic E-state index is -2.85. The van der Waals surface area contributed by atoms with Gasteiger partial charge in [0.25, 0.3) is 5.89 Å². The number of aliphatic hydroxyl groups is 1. The minimum absolute atomic E-state index is 0.0931. The van der Waals surface area contributed by atoms with Crippen molar-refractivity contribution in [2.24, 2.45) is 0 Å². The van der Waals surface area contributed by atoms with Crippen LogP contribution >= 0.6 is 0 Å². The number of ether oxygens (including phenoxy) is 1. The number of hydrogen-bond acceptors (Lipinski definition) is 5. The molecule has 7 heteroatoms. The van der Waals surface area contributed by atoms with E-state index in [-0.39, 0.29) is 11.6 Å². The number of aromatic nitrogens is 2. The molecule has 1 heterocycles. The van der Waals surface area contributed by atoms with Crippen molar-refractivity contribution < 1.29 is 23.1 Å². The second-order valence-corrected chi connectivity index (χ2v) is 6.37. The molecule has 26 heavy (non-hydrogen) atoms. The molecule has 4 rings (SSSR count). The van der Waals surface area contributed by atoms with Crippen LogP contribution in [0, 0.1) is 0 Å². The Morgan fingerprint density at radius 3 is 2.35 bits per heavy atom. The lowest BCUT2D eigenvalue weighted by Crippen LogP contribution is -2.26. The van der Waals surface area contributed by atoms with Gasteiger partial charge in [0.05, 0.1) is 0 Å². The summed E-state index contributed by atoms with van der Waals surface area (Å²) in [5.41, 5.74) is 1.78. The fourth-order valence-corrected chi connectivity index (χ4v) is 3.23. The highest BCUT2D eigenvalue weighted by molar-refractivity contribution is 5.36. The SMILES string of the molecule is OC1(c2nc(Cc3ccc(OC(F)F)cc3)no2)Cc2ccccc2C1. The van der Waals surface area contributed by atoms with Crippen LogP contribution in [0.5, 0.6) is 5.75 Å². The molecule has 1 N–H and O–H groups in total. The Hall–Kier alpha value is -2.80. The Bertz CT molecular complexity index is 884. The topological polar surface area (TPSA) is 68.4 Å². The van der Waals surface area contributed by atoms with Crippen LogP contribution in [0.1, 0.15) is 28.4 Å². The Morgan fingerprint density at radius 1 is 1.08 bits per heavy atom. The van der Waals surface area contributed by atoms with E-state index in [1.165, 1.54) is 12.1 Å². The van der Waals surface area contributed by atoms with E-state index in [1.807, 2.05) is 24.3 Å². The molecular weight excluding hydrogens is 342 g/mol. The van der Waals surface area contributed by atoms with Gasteiger partial charge in [-0.05, 0) is 28.8 Å². The molecule has 0 radical (unpaired) electrons. The summed E-state index contributed by atoms with van der Waals surface area (Å²) in [4.78, 5) is 4.33. The Kier molecular flexibility index (Phi) is 4.16. The van der Waals surface area contributed by atoms with Crippen LogP contribution in [-0.4, -0.2) is 21.9 Å². The zero-order chi connectivity index (χ0) is 18.1. The van der Waals surface area contributed by atoms with E-state index >= 15 is 0 Å². The van der Waals surface area contributed by atoms with Gasteiger partial charge in [-0.3, -0.25) is 0 Å². The monoisotopic (exact) mass is 358 g/mol. The second kappa shape index (κ2) is 6.49. The fraction of sp³-hybridized carbons (Fsp3) is 0.263.